The minimum Gasteiger partial charge on any atom is -0.398 e. The standard InChI is InChI=1S/C13H9BrN2S2/c14-8-6-9-10(15)3-4-11(13(9)16-7-8)18-12-2-1-5-17-12/h1-7H,15H2. The van der Waals surface area contributed by atoms with Crippen LogP contribution in [0.5, 0.6) is 0 Å². The van der Waals surface area contributed by atoms with Gasteiger partial charge in [-0.05, 0) is 45.6 Å². The normalized spacial score (nSPS) is 10.9. The Balaban J connectivity index is 2.15. The highest BCUT2D eigenvalue weighted by Crippen LogP contribution is 2.37. The molecule has 0 fully saturated rings. The maximum atomic E-state index is 6.00. The van der Waals surface area contributed by atoms with Gasteiger partial charge in [-0.1, -0.05) is 17.8 Å². The number of fused-ring (bicyclic) bond motifs is 1. The van der Waals surface area contributed by atoms with Gasteiger partial charge in [-0.3, -0.25) is 4.98 Å². The number of halogens is 1. The summed E-state index contributed by atoms with van der Waals surface area (Å²) in [5.74, 6) is 0. The van der Waals surface area contributed by atoms with Crippen molar-refractivity contribution in [2.45, 2.75) is 9.10 Å². The Morgan fingerprint density at radius 1 is 1.28 bits per heavy atom. The van der Waals surface area contributed by atoms with Gasteiger partial charge in [-0.25, -0.2) is 0 Å². The Labute approximate surface area is 121 Å². The zero-order chi connectivity index (χ0) is 12.5. The topological polar surface area (TPSA) is 38.9 Å². The van der Waals surface area contributed by atoms with E-state index in [1.807, 2.05) is 18.2 Å². The summed E-state index contributed by atoms with van der Waals surface area (Å²) in [5, 5.41) is 3.07. The van der Waals surface area contributed by atoms with Crippen molar-refractivity contribution < 1.29 is 0 Å². The van der Waals surface area contributed by atoms with E-state index in [0.717, 1.165) is 26.0 Å². The van der Waals surface area contributed by atoms with Gasteiger partial charge in [0.1, 0.15) is 0 Å². The van der Waals surface area contributed by atoms with Crippen molar-refractivity contribution in [3.05, 3.63) is 46.4 Å². The first-order valence-corrected chi connectivity index (χ1v) is 7.78. The summed E-state index contributed by atoms with van der Waals surface area (Å²) in [6.45, 7) is 0. The highest BCUT2D eigenvalue weighted by Gasteiger charge is 2.08. The lowest BCUT2D eigenvalue weighted by atomic mass is 10.2. The zero-order valence-electron chi connectivity index (χ0n) is 9.26. The summed E-state index contributed by atoms with van der Waals surface area (Å²) >= 11 is 6.88. The summed E-state index contributed by atoms with van der Waals surface area (Å²) in [6, 6.07) is 10.1. The highest BCUT2D eigenvalue weighted by molar-refractivity contribution is 9.10. The van der Waals surface area contributed by atoms with E-state index in [-0.39, 0.29) is 0 Å². The molecule has 3 aromatic rings. The van der Waals surface area contributed by atoms with E-state index in [4.69, 9.17) is 5.73 Å². The number of pyridine rings is 1. The van der Waals surface area contributed by atoms with E-state index in [1.54, 1.807) is 29.3 Å². The molecule has 2 nitrogen and oxygen atoms in total. The van der Waals surface area contributed by atoms with Crippen LogP contribution in [0.25, 0.3) is 10.9 Å². The van der Waals surface area contributed by atoms with Crippen LogP contribution < -0.4 is 5.73 Å². The predicted molar refractivity (Wildman–Crippen MR) is 82.3 cm³/mol. The molecule has 0 atom stereocenters. The molecule has 1 aromatic carbocycles. The van der Waals surface area contributed by atoms with Gasteiger partial charge in [-0.15, -0.1) is 11.3 Å². The molecule has 0 unspecified atom stereocenters. The van der Waals surface area contributed by atoms with Crippen LogP contribution in [0.2, 0.25) is 0 Å². The van der Waals surface area contributed by atoms with Gasteiger partial charge < -0.3 is 5.73 Å². The van der Waals surface area contributed by atoms with Crippen molar-refractivity contribution in [2.24, 2.45) is 0 Å². The molecule has 0 saturated carbocycles. The second kappa shape index (κ2) is 4.91. The van der Waals surface area contributed by atoms with E-state index >= 15 is 0 Å². The minimum absolute atomic E-state index is 0.759. The van der Waals surface area contributed by atoms with Gasteiger partial charge in [0, 0.05) is 26.6 Å². The first-order valence-electron chi connectivity index (χ1n) is 5.29. The van der Waals surface area contributed by atoms with Crippen molar-refractivity contribution in [3.63, 3.8) is 0 Å². The van der Waals surface area contributed by atoms with Gasteiger partial charge in [0.25, 0.3) is 0 Å². The number of hydrogen-bond donors (Lipinski definition) is 1. The molecule has 0 aliphatic carbocycles. The molecule has 2 N–H and O–H groups in total. The number of thiophene rings is 1. The number of benzene rings is 1. The Hall–Kier alpha value is -1.04. The molecule has 3 rings (SSSR count). The average Bonchev–Trinajstić information content (AvgIpc) is 2.86. The maximum Gasteiger partial charge on any atom is 0.0863 e. The fourth-order valence-corrected chi connectivity index (χ4v) is 3.87. The predicted octanol–water partition coefficient (Wildman–Crippen LogP) is 4.79. The Morgan fingerprint density at radius 2 is 2.17 bits per heavy atom. The first kappa shape index (κ1) is 12.0. The lowest BCUT2D eigenvalue weighted by Crippen LogP contribution is -1.90. The second-order valence-electron chi connectivity index (χ2n) is 3.74. The number of aromatic nitrogens is 1. The van der Waals surface area contributed by atoms with E-state index in [2.05, 4.69) is 38.4 Å². The van der Waals surface area contributed by atoms with Crippen molar-refractivity contribution in [1.29, 1.82) is 0 Å². The van der Waals surface area contributed by atoms with Crippen LogP contribution in [0.15, 0.2) is 55.5 Å². The molecule has 0 spiro atoms. The van der Waals surface area contributed by atoms with Crippen LogP contribution in [-0.4, -0.2) is 4.98 Å². The SMILES string of the molecule is Nc1ccc(Sc2cccs2)c2ncc(Br)cc12. The molecule has 2 aromatic heterocycles. The highest BCUT2D eigenvalue weighted by atomic mass is 79.9. The fourth-order valence-electron chi connectivity index (χ4n) is 1.70. The molecular weight excluding hydrogens is 328 g/mol. The smallest absolute Gasteiger partial charge is 0.0863 e. The van der Waals surface area contributed by atoms with Gasteiger partial charge >= 0.3 is 0 Å². The molecule has 0 aliphatic rings. The van der Waals surface area contributed by atoms with Crippen LogP contribution in [0.1, 0.15) is 0 Å². The molecule has 0 bridgehead atoms. The van der Waals surface area contributed by atoms with Crippen molar-refractivity contribution in [2.75, 3.05) is 5.73 Å². The Morgan fingerprint density at radius 3 is 2.94 bits per heavy atom. The van der Waals surface area contributed by atoms with Gasteiger partial charge in [0.15, 0.2) is 0 Å². The fraction of sp³-hybridized carbons (Fsp3) is 0. The first-order chi connectivity index (χ1) is 8.74. The summed E-state index contributed by atoms with van der Waals surface area (Å²) in [7, 11) is 0. The molecule has 5 heteroatoms. The lowest BCUT2D eigenvalue weighted by molar-refractivity contribution is 1.33. The van der Waals surface area contributed by atoms with Crippen LogP contribution in [-0.2, 0) is 0 Å². The molecule has 0 aliphatic heterocycles. The average molecular weight is 337 g/mol. The third-order valence-electron chi connectivity index (χ3n) is 2.52. The van der Waals surface area contributed by atoms with Crippen LogP contribution in [0.3, 0.4) is 0 Å². The van der Waals surface area contributed by atoms with E-state index in [9.17, 15) is 0 Å². The summed E-state index contributed by atoms with van der Waals surface area (Å²) in [4.78, 5) is 5.61. The number of anilines is 1. The summed E-state index contributed by atoms with van der Waals surface area (Å²) in [5.41, 5.74) is 7.71. The minimum atomic E-state index is 0.759. The van der Waals surface area contributed by atoms with Crippen molar-refractivity contribution in [1.82, 2.24) is 4.98 Å². The monoisotopic (exact) mass is 336 g/mol. The third kappa shape index (κ3) is 2.25. The maximum absolute atomic E-state index is 6.00. The number of hydrogen-bond acceptors (Lipinski definition) is 4. The molecule has 0 amide bonds. The lowest BCUT2D eigenvalue weighted by Gasteiger charge is -2.07. The Bertz CT molecular complexity index is 696. The van der Waals surface area contributed by atoms with E-state index in [1.165, 1.54) is 4.21 Å². The van der Waals surface area contributed by atoms with Crippen molar-refractivity contribution >= 4 is 55.6 Å². The molecule has 2 heterocycles. The largest absolute Gasteiger partial charge is 0.398 e. The molecule has 90 valence electrons. The number of nitrogens with zero attached hydrogens (tertiary/aromatic N) is 1. The van der Waals surface area contributed by atoms with Gasteiger partial charge in [0.05, 0.1) is 9.73 Å². The Kier molecular flexibility index (Phi) is 3.28. The van der Waals surface area contributed by atoms with Crippen molar-refractivity contribution in [3.8, 4) is 0 Å². The van der Waals surface area contributed by atoms with E-state index < -0.39 is 0 Å². The molecule has 18 heavy (non-hydrogen) atoms. The van der Waals surface area contributed by atoms with Crippen LogP contribution in [0.4, 0.5) is 5.69 Å². The molecule has 0 saturated heterocycles. The summed E-state index contributed by atoms with van der Waals surface area (Å²) < 4.78 is 2.20. The van der Waals surface area contributed by atoms with Gasteiger partial charge in [-0.2, -0.15) is 0 Å². The van der Waals surface area contributed by atoms with E-state index in [0.29, 0.717) is 0 Å². The zero-order valence-corrected chi connectivity index (χ0v) is 12.5. The number of nitrogens with two attached hydrogens (primary N) is 1. The molecule has 0 radical (unpaired) electrons. The quantitative estimate of drug-likeness (QED) is 0.683. The third-order valence-corrected chi connectivity index (χ3v) is 5.04. The number of rotatable bonds is 2. The number of nitrogen functional groups attached to an aromatic ring is 1. The summed E-state index contributed by atoms with van der Waals surface area (Å²) in [6.07, 6.45) is 1.81. The second-order valence-corrected chi connectivity index (χ2v) is 6.94. The van der Waals surface area contributed by atoms with Crippen LogP contribution in [0, 0.1) is 0 Å². The van der Waals surface area contributed by atoms with Crippen LogP contribution >= 0.6 is 39.0 Å². The van der Waals surface area contributed by atoms with Gasteiger partial charge in [0.2, 0.25) is 0 Å². The molecular formula is C13H9BrN2S2.